The van der Waals surface area contributed by atoms with E-state index >= 15 is 0 Å². The van der Waals surface area contributed by atoms with Gasteiger partial charge in [0, 0.05) is 19.3 Å². The molecule has 1 saturated heterocycles. The van der Waals surface area contributed by atoms with E-state index in [1.54, 1.807) is 12.1 Å². The van der Waals surface area contributed by atoms with Crippen molar-refractivity contribution in [3.63, 3.8) is 0 Å². The number of morpholine rings is 1. The van der Waals surface area contributed by atoms with Crippen molar-refractivity contribution in [2.24, 2.45) is 0 Å². The number of rotatable bonds is 2. The van der Waals surface area contributed by atoms with E-state index in [4.69, 9.17) is 4.74 Å². The molecule has 1 aliphatic heterocycles. The van der Waals surface area contributed by atoms with Crippen LogP contribution in [0, 0.1) is 0 Å². The fourth-order valence-corrected chi connectivity index (χ4v) is 4.90. The molecule has 0 unspecified atom stereocenters. The number of sulfone groups is 1. The fraction of sp³-hybridized carbons (Fsp3) is 0.647. The lowest BCUT2D eigenvalue weighted by molar-refractivity contribution is -0.148. The van der Waals surface area contributed by atoms with Crippen LogP contribution in [0.25, 0.3) is 0 Å². The van der Waals surface area contributed by atoms with Gasteiger partial charge in [-0.1, -0.05) is 25.0 Å². The molecule has 22 heavy (non-hydrogen) atoms. The smallest absolute Gasteiger partial charge is 0.177 e. The Morgan fingerprint density at radius 1 is 1.09 bits per heavy atom. The number of hydrogen-bond acceptors (Lipinski definition) is 4. The topological polar surface area (TPSA) is 46.6 Å². The standard InChI is InChI=1S/C17H25NO3S/c1-16(2)12-18(13-17(21-16)10-6-7-11-17)14-8-4-5-9-15(14)22(3,19)20/h4-5,8-9H,6-7,10-13H2,1-3H3. The first-order chi connectivity index (χ1) is 10.2. The van der Waals surface area contributed by atoms with Crippen LogP contribution < -0.4 is 4.90 Å². The first kappa shape index (κ1) is 15.8. The molecule has 2 fully saturated rings. The Labute approximate surface area is 133 Å². The molecule has 1 aromatic carbocycles. The molecule has 0 atom stereocenters. The van der Waals surface area contributed by atoms with Crippen LogP contribution in [0.4, 0.5) is 5.69 Å². The summed E-state index contributed by atoms with van der Waals surface area (Å²) in [5, 5.41) is 0. The van der Waals surface area contributed by atoms with Crippen LogP contribution in [-0.4, -0.2) is 39.0 Å². The van der Waals surface area contributed by atoms with Crippen molar-refractivity contribution in [3.8, 4) is 0 Å². The average Bonchev–Trinajstić information content (AvgIpc) is 2.83. The molecule has 3 rings (SSSR count). The van der Waals surface area contributed by atoms with E-state index in [2.05, 4.69) is 18.7 Å². The second kappa shape index (κ2) is 5.24. The van der Waals surface area contributed by atoms with Crippen molar-refractivity contribution >= 4 is 15.5 Å². The first-order valence-corrected chi connectivity index (χ1v) is 9.84. The minimum atomic E-state index is -3.24. The highest BCUT2D eigenvalue weighted by Gasteiger charge is 2.46. The maximum absolute atomic E-state index is 12.1. The summed E-state index contributed by atoms with van der Waals surface area (Å²) in [6.07, 6.45) is 5.79. The van der Waals surface area contributed by atoms with Crippen molar-refractivity contribution in [2.75, 3.05) is 24.2 Å². The molecular formula is C17H25NO3S. The molecule has 1 aliphatic carbocycles. The van der Waals surface area contributed by atoms with Gasteiger partial charge in [0.1, 0.15) is 0 Å². The molecule has 0 aromatic heterocycles. The molecule has 0 bridgehead atoms. The van der Waals surface area contributed by atoms with Gasteiger partial charge >= 0.3 is 0 Å². The zero-order valence-corrected chi connectivity index (χ0v) is 14.4. The largest absolute Gasteiger partial charge is 0.365 e. The predicted molar refractivity (Wildman–Crippen MR) is 88.1 cm³/mol. The zero-order valence-electron chi connectivity index (χ0n) is 13.6. The Bertz CT molecular complexity index is 660. The van der Waals surface area contributed by atoms with Gasteiger partial charge in [-0.15, -0.1) is 0 Å². The molecule has 0 N–H and O–H groups in total. The zero-order chi connectivity index (χ0) is 16.0. The van der Waals surface area contributed by atoms with Crippen LogP contribution in [0.15, 0.2) is 29.2 Å². The quantitative estimate of drug-likeness (QED) is 0.839. The molecule has 5 heteroatoms. The van der Waals surface area contributed by atoms with E-state index in [0.29, 0.717) is 11.4 Å². The van der Waals surface area contributed by atoms with Crippen molar-refractivity contribution in [3.05, 3.63) is 24.3 Å². The fourth-order valence-electron chi connectivity index (χ4n) is 4.00. The number of nitrogens with zero attached hydrogens (tertiary/aromatic N) is 1. The molecule has 4 nitrogen and oxygen atoms in total. The predicted octanol–water partition coefficient (Wildman–Crippen LogP) is 3.02. The van der Waals surface area contributed by atoms with Crippen LogP contribution in [0.3, 0.4) is 0 Å². The summed E-state index contributed by atoms with van der Waals surface area (Å²) in [7, 11) is -3.24. The molecule has 1 spiro atoms. The molecule has 2 aliphatic rings. The Morgan fingerprint density at radius 2 is 1.73 bits per heavy atom. The van der Waals surface area contributed by atoms with Gasteiger partial charge in [-0.2, -0.15) is 0 Å². The number of benzene rings is 1. The van der Waals surface area contributed by atoms with E-state index in [1.807, 2.05) is 12.1 Å². The SMILES string of the molecule is CC1(C)CN(c2ccccc2S(C)(=O)=O)CC2(CCCC2)O1. The van der Waals surface area contributed by atoms with Gasteiger partial charge < -0.3 is 9.64 Å². The Morgan fingerprint density at radius 3 is 2.36 bits per heavy atom. The van der Waals surface area contributed by atoms with E-state index in [0.717, 1.165) is 25.1 Å². The monoisotopic (exact) mass is 323 g/mol. The summed E-state index contributed by atoms with van der Waals surface area (Å²) in [6, 6.07) is 7.32. The number of para-hydroxylation sites is 1. The summed E-state index contributed by atoms with van der Waals surface area (Å²) < 4.78 is 30.6. The number of hydrogen-bond donors (Lipinski definition) is 0. The first-order valence-electron chi connectivity index (χ1n) is 7.95. The Kier molecular flexibility index (Phi) is 3.76. The second-order valence-electron chi connectivity index (χ2n) is 7.35. The third kappa shape index (κ3) is 3.01. The summed E-state index contributed by atoms with van der Waals surface area (Å²) >= 11 is 0. The second-order valence-corrected chi connectivity index (χ2v) is 9.33. The van der Waals surface area contributed by atoms with E-state index < -0.39 is 9.84 Å². The van der Waals surface area contributed by atoms with Gasteiger partial charge in [-0.25, -0.2) is 8.42 Å². The Balaban J connectivity index is 2.01. The van der Waals surface area contributed by atoms with Gasteiger partial charge in [0.2, 0.25) is 0 Å². The summed E-state index contributed by atoms with van der Waals surface area (Å²) in [5.41, 5.74) is 0.423. The average molecular weight is 323 g/mol. The Hall–Kier alpha value is -1.07. The molecule has 122 valence electrons. The van der Waals surface area contributed by atoms with Crippen LogP contribution in [-0.2, 0) is 14.6 Å². The highest BCUT2D eigenvalue weighted by molar-refractivity contribution is 7.90. The van der Waals surface area contributed by atoms with Gasteiger partial charge in [-0.3, -0.25) is 0 Å². The molecular weight excluding hydrogens is 298 g/mol. The van der Waals surface area contributed by atoms with Crippen LogP contribution in [0.2, 0.25) is 0 Å². The molecule has 1 saturated carbocycles. The number of anilines is 1. The molecule has 0 amide bonds. The van der Waals surface area contributed by atoms with Gasteiger partial charge in [0.25, 0.3) is 0 Å². The normalized spacial score (nSPS) is 23.9. The molecule has 1 heterocycles. The van der Waals surface area contributed by atoms with E-state index in [-0.39, 0.29) is 11.2 Å². The van der Waals surface area contributed by atoms with Gasteiger partial charge in [-0.05, 0) is 38.8 Å². The van der Waals surface area contributed by atoms with Crippen molar-refractivity contribution in [1.29, 1.82) is 0 Å². The van der Waals surface area contributed by atoms with Crippen LogP contribution in [0.5, 0.6) is 0 Å². The maximum Gasteiger partial charge on any atom is 0.177 e. The minimum absolute atomic E-state index is 0.119. The van der Waals surface area contributed by atoms with E-state index in [9.17, 15) is 8.42 Å². The van der Waals surface area contributed by atoms with Crippen molar-refractivity contribution in [1.82, 2.24) is 0 Å². The lowest BCUT2D eigenvalue weighted by atomic mass is 9.93. The van der Waals surface area contributed by atoms with Gasteiger partial charge in [0.15, 0.2) is 9.84 Å². The van der Waals surface area contributed by atoms with Crippen molar-refractivity contribution in [2.45, 2.75) is 55.6 Å². The lowest BCUT2D eigenvalue weighted by Crippen LogP contribution is -2.59. The highest BCUT2D eigenvalue weighted by atomic mass is 32.2. The van der Waals surface area contributed by atoms with Crippen LogP contribution >= 0.6 is 0 Å². The van der Waals surface area contributed by atoms with Crippen molar-refractivity contribution < 1.29 is 13.2 Å². The lowest BCUT2D eigenvalue weighted by Gasteiger charge is -2.50. The molecule has 0 radical (unpaired) electrons. The van der Waals surface area contributed by atoms with Crippen LogP contribution in [0.1, 0.15) is 39.5 Å². The number of ether oxygens (including phenoxy) is 1. The summed E-state index contributed by atoms with van der Waals surface area (Å²) in [4.78, 5) is 2.63. The third-order valence-electron chi connectivity index (χ3n) is 4.66. The third-order valence-corrected chi connectivity index (χ3v) is 5.81. The molecule has 1 aromatic rings. The highest BCUT2D eigenvalue weighted by Crippen LogP contribution is 2.42. The van der Waals surface area contributed by atoms with E-state index in [1.165, 1.54) is 19.1 Å². The van der Waals surface area contributed by atoms with Gasteiger partial charge in [0.05, 0.1) is 21.8 Å². The maximum atomic E-state index is 12.1. The summed E-state index contributed by atoms with van der Waals surface area (Å²) in [6.45, 7) is 5.69. The minimum Gasteiger partial charge on any atom is -0.365 e. The summed E-state index contributed by atoms with van der Waals surface area (Å²) in [5.74, 6) is 0.